The van der Waals surface area contributed by atoms with Crippen molar-refractivity contribution in [3.63, 3.8) is 0 Å². The fourth-order valence-corrected chi connectivity index (χ4v) is 2.93. The maximum absolute atomic E-state index is 12.2. The largest absolute Gasteiger partial charge is 0.480 e. The number of aliphatic carboxylic acids is 1. The van der Waals surface area contributed by atoms with Gasteiger partial charge in [0.15, 0.2) is 0 Å². The predicted octanol–water partition coefficient (Wildman–Crippen LogP) is -0.267. The van der Waals surface area contributed by atoms with Gasteiger partial charge >= 0.3 is 5.97 Å². The van der Waals surface area contributed by atoms with Crippen molar-refractivity contribution < 1.29 is 14.7 Å². The van der Waals surface area contributed by atoms with Gasteiger partial charge in [0, 0.05) is 26.2 Å². The van der Waals surface area contributed by atoms with Crippen molar-refractivity contribution in [1.82, 2.24) is 9.80 Å². The summed E-state index contributed by atoms with van der Waals surface area (Å²) < 4.78 is 0. The lowest BCUT2D eigenvalue weighted by Gasteiger charge is -2.32. The van der Waals surface area contributed by atoms with Crippen LogP contribution in [0.1, 0.15) is 26.2 Å². The molecule has 2 heterocycles. The monoisotopic (exact) mass is 269 g/mol. The van der Waals surface area contributed by atoms with Gasteiger partial charge in [0.05, 0.1) is 6.54 Å². The molecule has 19 heavy (non-hydrogen) atoms. The first-order chi connectivity index (χ1) is 8.90. The second-order valence-corrected chi connectivity index (χ2v) is 6.01. The third kappa shape index (κ3) is 3.25. The third-order valence-electron chi connectivity index (χ3n) is 4.17. The lowest BCUT2D eigenvalue weighted by Crippen LogP contribution is -2.51. The van der Waals surface area contributed by atoms with Crippen molar-refractivity contribution >= 4 is 11.9 Å². The third-order valence-corrected chi connectivity index (χ3v) is 4.17. The number of nitrogens with zero attached hydrogens (tertiary/aromatic N) is 2. The van der Waals surface area contributed by atoms with Crippen LogP contribution in [0.4, 0.5) is 0 Å². The second-order valence-electron chi connectivity index (χ2n) is 6.01. The topological polar surface area (TPSA) is 86.9 Å². The van der Waals surface area contributed by atoms with Gasteiger partial charge in [0.1, 0.15) is 5.54 Å². The number of amides is 1. The zero-order valence-electron chi connectivity index (χ0n) is 11.5. The zero-order valence-corrected chi connectivity index (χ0v) is 11.5. The van der Waals surface area contributed by atoms with Crippen LogP contribution in [0, 0.1) is 5.92 Å². The minimum atomic E-state index is -1.19. The normalized spacial score (nSPS) is 32.5. The average molecular weight is 269 g/mol. The molecule has 1 amide bonds. The first kappa shape index (κ1) is 14.3. The van der Waals surface area contributed by atoms with Gasteiger partial charge in [-0.15, -0.1) is 0 Å². The molecule has 2 saturated heterocycles. The molecule has 0 aromatic carbocycles. The highest BCUT2D eigenvalue weighted by Crippen LogP contribution is 2.20. The van der Waals surface area contributed by atoms with Gasteiger partial charge in [0.2, 0.25) is 5.91 Å². The van der Waals surface area contributed by atoms with Gasteiger partial charge in [-0.2, -0.15) is 0 Å². The average Bonchev–Trinajstić information content (AvgIpc) is 2.72. The van der Waals surface area contributed by atoms with Crippen molar-refractivity contribution in [2.45, 2.75) is 31.7 Å². The summed E-state index contributed by atoms with van der Waals surface area (Å²) in [4.78, 5) is 27.0. The maximum atomic E-state index is 12.2. The van der Waals surface area contributed by atoms with E-state index in [1.807, 2.05) is 9.80 Å². The fraction of sp³-hybridized carbons (Fsp3) is 0.846. The molecule has 0 aromatic heterocycles. The van der Waals surface area contributed by atoms with Crippen molar-refractivity contribution in [2.24, 2.45) is 11.7 Å². The Balaban J connectivity index is 1.85. The maximum Gasteiger partial charge on any atom is 0.325 e. The zero-order chi connectivity index (χ0) is 14.0. The lowest BCUT2D eigenvalue weighted by atomic mass is 10.0. The minimum absolute atomic E-state index is 0.0983. The Morgan fingerprint density at radius 3 is 2.74 bits per heavy atom. The number of carbonyl (C=O) groups is 2. The van der Waals surface area contributed by atoms with Gasteiger partial charge in [0.25, 0.3) is 0 Å². The van der Waals surface area contributed by atoms with Gasteiger partial charge in [-0.25, -0.2) is 0 Å². The molecule has 3 N–H and O–H groups in total. The van der Waals surface area contributed by atoms with E-state index < -0.39 is 11.5 Å². The van der Waals surface area contributed by atoms with Gasteiger partial charge < -0.3 is 15.7 Å². The molecule has 2 aliphatic heterocycles. The van der Waals surface area contributed by atoms with Crippen LogP contribution >= 0.6 is 0 Å². The molecule has 0 aromatic rings. The number of carboxylic acid groups (broad SMARTS) is 1. The molecule has 2 fully saturated rings. The molecule has 2 unspecified atom stereocenters. The molecule has 0 spiro atoms. The highest BCUT2D eigenvalue weighted by atomic mass is 16.4. The van der Waals surface area contributed by atoms with Crippen LogP contribution in [0.25, 0.3) is 0 Å². The number of rotatable bonds is 3. The SMILES string of the molecule is CC1CCCN(C(=O)CN2CCC(N)(C(=O)O)C2)C1. The number of carbonyl (C=O) groups excluding carboxylic acids is 1. The number of carboxylic acids is 1. The van der Waals surface area contributed by atoms with Crippen LogP contribution in [-0.2, 0) is 9.59 Å². The first-order valence-corrected chi connectivity index (χ1v) is 6.93. The highest BCUT2D eigenvalue weighted by molar-refractivity contribution is 5.81. The van der Waals surface area contributed by atoms with E-state index in [0.717, 1.165) is 19.5 Å². The molecular formula is C13H23N3O3. The number of hydrogen-bond donors (Lipinski definition) is 2. The van der Waals surface area contributed by atoms with Crippen molar-refractivity contribution in [2.75, 3.05) is 32.7 Å². The van der Waals surface area contributed by atoms with Gasteiger partial charge in [-0.1, -0.05) is 6.92 Å². The van der Waals surface area contributed by atoms with Crippen LogP contribution in [-0.4, -0.2) is 65.0 Å². The van der Waals surface area contributed by atoms with E-state index in [1.54, 1.807) is 0 Å². The quantitative estimate of drug-likeness (QED) is 0.736. The standard InChI is InChI=1S/C13H23N3O3/c1-10-3-2-5-16(7-10)11(17)8-15-6-4-13(14,9-15)12(18)19/h10H,2-9,14H2,1H3,(H,18,19). The van der Waals surface area contributed by atoms with Crippen LogP contribution < -0.4 is 5.73 Å². The van der Waals surface area contributed by atoms with E-state index in [4.69, 9.17) is 10.8 Å². The van der Waals surface area contributed by atoms with Gasteiger partial charge in [-0.05, 0) is 25.2 Å². The molecule has 2 aliphatic rings. The summed E-state index contributed by atoms with van der Waals surface area (Å²) in [6, 6.07) is 0. The molecule has 0 aliphatic carbocycles. The van der Waals surface area contributed by atoms with Crippen LogP contribution in [0.3, 0.4) is 0 Å². The summed E-state index contributed by atoms with van der Waals surface area (Å²) in [5, 5.41) is 9.06. The molecule has 0 bridgehead atoms. The van der Waals surface area contributed by atoms with Gasteiger partial charge in [-0.3, -0.25) is 14.5 Å². The van der Waals surface area contributed by atoms with Crippen molar-refractivity contribution in [3.8, 4) is 0 Å². The summed E-state index contributed by atoms with van der Waals surface area (Å²) in [5.41, 5.74) is 4.62. The van der Waals surface area contributed by atoms with Crippen LogP contribution in [0.2, 0.25) is 0 Å². The van der Waals surface area contributed by atoms with Crippen molar-refractivity contribution in [3.05, 3.63) is 0 Å². The van der Waals surface area contributed by atoms with Crippen molar-refractivity contribution in [1.29, 1.82) is 0 Å². The van der Waals surface area contributed by atoms with Crippen LogP contribution in [0.5, 0.6) is 0 Å². The number of hydrogen-bond acceptors (Lipinski definition) is 4. The van der Waals surface area contributed by atoms with Crippen LogP contribution in [0.15, 0.2) is 0 Å². The van der Waals surface area contributed by atoms with E-state index in [1.165, 1.54) is 6.42 Å². The Morgan fingerprint density at radius 2 is 2.16 bits per heavy atom. The van der Waals surface area contributed by atoms with E-state index in [-0.39, 0.29) is 12.5 Å². The van der Waals surface area contributed by atoms with E-state index >= 15 is 0 Å². The Bertz CT molecular complexity index is 374. The highest BCUT2D eigenvalue weighted by Gasteiger charge is 2.41. The molecule has 0 saturated carbocycles. The summed E-state index contributed by atoms with van der Waals surface area (Å²) >= 11 is 0. The van der Waals surface area contributed by atoms with E-state index in [0.29, 0.717) is 25.4 Å². The number of nitrogens with two attached hydrogens (primary N) is 1. The fourth-order valence-electron chi connectivity index (χ4n) is 2.93. The Kier molecular flexibility index (Phi) is 4.10. The molecule has 108 valence electrons. The first-order valence-electron chi connectivity index (χ1n) is 6.93. The molecule has 0 radical (unpaired) electrons. The summed E-state index contributed by atoms with van der Waals surface area (Å²) in [6.07, 6.45) is 2.65. The molecular weight excluding hydrogens is 246 g/mol. The Hall–Kier alpha value is -1.14. The summed E-state index contributed by atoms with van der Waals surface area (Å²) in [7, 11) is 0. The second kappa shape index (κ2) is 5.46. The lowest BCUT2D eigenvalue weighted by molar-refractivity contribution is -0.143. The number of likely N-dealkylation sites (tertiary alicyclic amines) is 2. The Labute approximate surface area is 113 Å². The molecule has 2 rings (SSSR count). The van der Waals surface area contributed by atoms with E-state index in [2.05, 4.69) is 6.92 Å². The molecule has 2 atom stereocenters. The number of piperidine rings is 1. The summed E-state index contributed by atoms with van der Waals surface area (Å²) in [5.74, 6) is -0.320. The van der Waals surface area contributed by atoms with E-state index in [9.17, 15) is 9.59 Å². The molecule has 6 heteroatoms. The predicted molar refractivity (Wildman–Crippen MR) is 70.6 cm³/mol. The minimum Gasteiger partial charge on any atom is -0.480 e. The Morgan fingerprint density at radius 1 is 1.42 bits per heavy atom. The molecule has 6 nitrogen and oxygen atoms in total. The smallest absolute Gasteiger partial charge is 0.325 e. The summed E-state index contributed by atoms with van der Waals surface area (Å²) in [6.45, 7) is 4.93.